The van der Waals surface area contributed by atoms with Gasteiger partial charge in [-0.3, -0.25) is 19.4 Å². The number of nitrogens with zero attached hydrogens (tertiary/aromatic N) is 3. The van der Waals surface area contributed by atoms with E-state index in [4.69, 9.17) is 9.47 Å². The third-order valence-electron chi connectivity index (χ3n) is 5.76. The molecule has 0 spiro atoms. The molecule has 28 heavy (non-hydrogen) atoms. The van der Waals surface area contributed by atoms with E-state index in [1.165, 1.54) is 4.90 Å². The van der Waals surface area contributed by atoms with Crippen LogP contribution >= 0.6 is 0 Å². The summed E-state index contributed by atoms with van der Waals surface area (Å²) in [6.07, 6.45) is 0.904. The van der Waals surface area contributed by atoms with Crippen LogP contribution in [-0.4, -0.2) is 74.1 Å². The highest BCUT2D eigenvalue weighted by Crippen LogP contribution is 2.39. The highest BCUT2D eigenvalue weighted by Gasteiger charge is 2.37. The minimum atomic E-state index is -0.211. The van der Waals surface area contributed by atoms with Crippen LogP contribution in [0.2, 0.25) is 0 Å². The second-order valence-corrected chi connectivity index (χ2v) is 8.59. The molecule has 0 aromatic heterocycles. The van der Waals surface area contributed by atoms with E-state index in [1.54, 1.807) is 0 Å². The quantitative estimate of drug-likeness (QED) is 0.734. The fourth-order valence-electron chi connectivity index (χ4n) is 4.22. The molecule has 3 aliphatic rings. The lowest BCUT2D eigenvalue weighted by Crippen LogP contribution is -2.52. The summed E-state index contributed by atoms with van der Waals surface area (Å²) in [5, 5.41) is 0. The predicted molar refractivity (Wildman–Crippen MR) is 106 cm³/mol. The molecule has 3 aliphatic heterocycles. The summed E-state index contributed by atoms with van der Waals surface area (Å²) in [6.45, 7) is 9.92. The van der Waals surface area contributed by atoms with Crippen LogP contribution in [0.1, 0.15) is 26.7 Å². The van der Waals surface area contributed by atoms with Crippen molar-refractivity contribution in [2.24, 2.45) is 5.41 Å². The van der Waals surface area contributed by atoms with Gasteiger partial charge >= 0.3 is 0 Å². The van der Waals surface area contributed by atoms with Gasteiger partial charge in [0.2, 0.25) is 11.8 Å². The van der Waals surface area contributed by atoms with Crippen LogP contribution in [0.3, 0.4) is 0 Å². The van der Waals surface area contributed by atoms with Gasteiger partial charge in [0.1, 0.15) is 13.2 Å². The van der Waals surface area contributed by atoms with E-state index in [2.05, 4.69) is 15.9 Å². The number of hydrogen-bond acceptors (Lipinski definition) is 6. The summed E-state index contributed by atoms with van der Waals surface area (Å²) in [7, 11) is 0. The summed E-state index contributed by atoms with van der Waals surface area (Å²) in [4.78, 5) is 30.7. The largest absolute Gasteiger partial charge is 0.486 e. The van der Waals surface area contributed by atoms with Gasteiger partial charge in [0.05, 0.1) is 5.69 Å². The highest BCUT2D eigenvalue weighted by molar-refractivity contribution is 5.98. The van der Waals surface area contributed by atoms with E-state index in [0.717, 1.165) is 49.9 Å². The molecule has 2 fully saturated rings. The Balaban J connectivity index is 1.31. The van der Waals surface area contributed by atoms with Crippen molar-refractivity contribution < 1.29 is 19.1 Å². The van der Waals surface area contributed by atoms with Gasteiger partial charge in [0.15, 0.2) is 11.5 Å². The third-order valence-corrected chi connectivity index (χ3v) is 5.76. The molecule has 0 aliphatic carbocycles. The number of imide groups is 1. The Morgan fingerprint density at radius 3 is 2.32 bits per heavy atom. The first-order chi connectivity index (χ1) is 13.4. The van der Waals surface area contributed by atoms with Crippen molar-refractivity contribution in [2.75, 3.05) is 57.4 Å². The first kappa shape index (κ1) is 19.1. The van der Waals surface area contributed by atoms with E-state index in [9.17, 15) is 9.59 Å². The van der Waals surface area contributed by atoms with Crippen molar-refractivity contribution in [3.8, 4) is 11.5 Å². The molecule has 1 aromatic rings. The number of likely N-dealkylation sites (tertiary alicyclic amines) is 1. The second-order valence-electron chi connectivity index (χ2n) is 8.59. The Hall–Kier alpha value is -2.28. The van der Waals surface area contributed by atoms with Crippen molar-refractivity contribution in [1.29, 1.82) is 0 Å². The summed E-state index contributed by atoms with van der Waals surface area (Å²) in [6, 6.07) is 6.03. The number of rotatable bonds is 4. The van der Waals surface area contributed by atoms with E-state index in [0.29, 0.717) is 32.6 Å². The smallest absolute Gasteiger partial charge is 0.229 e. The van der Waals surface area contributed by atoms with Crippen LogP contribution in [0.15, 0.2) is 18.2 Å². The summed E-state index contributed by atoms with van der Waals surface area (Å²) < 4.78 is 11.5. The average Bonchev–Trinajstić information content (AvgIpc) is 2.66. The number of ether oxygens (including phenoxy) is 2. The molecular formula is C21H29N3O4. The van der Waals surface area contributed by atoms with Crippen molar-refractivity contribution in [3.05, 3.63) is 18.2 Å². The monoisotopic (exact) mass is 387 g/mol. The predicted octanol–water partition coefficient (Wildman–Crippen LogP) is 1.75. The Bertz CT molecular complexity index is 736. The molecule has 1 aromatic carbocycles. The number of piperazine rings is 1. The van der Waals surface area contributed by atoms with Gasteiger partial charge in [-0.1, -0.05) is 19.9 Å². The van der Waals surface area contributed by atoms with Gasteiger partial charge in [0.25, 0.3) is 0 Å². The Morgan fingerprint density at radius 1 is 0.929 bits per heavy atom. The number of amides is 2. The number of piperidine rings is 1. The van der Waals surface area contributed by atoms with Crippen molar-refractivity contribution in [1.82, 2.24) is 9.80 Å². The average molecular weight is 387 g/mol. The number of para-hydroxylation sites is 1. The van der Waals surface area contributed by atoms with Crippen LogP contribution in [-0.2, 0) is 9.59 Å². The van der Waals surface area contributed by atoms with Crippen molar-refractivity contribution in [2.45, 2.75) is 26.7 Å². The third kappa shape index (κ3) is 3.94. The molecule has 0 radical (unpaired) electrons. The highest BCUT2D eigenvalue weighted by atomic mass is 16.6. The zero-order valence-electron chi connectivity index (χ0n) is 16.8. The Morgan fingerprint density at radius 2 is 1.61 bits per heavy atom. The first-order valence-electron chi connectivity index (χ1n) is 10.1. The van der Waals surface area contributed by atoms with Gasteiger partial charge in [-0.15, -0.1) is 0 Å². The second kappa shape index (κ2) is 7.62. The van der Waals surface area contributed by atoms with Crippen molar-refractivity contribution >= 4 is 17.5 Å². The summed E-state index contributed by atoms with van der Waals surface area (Å²) in [5.41, 5.74) is 0.872. The van der Waals surface area contributed by atoms with Crippen LogP contribution in [0, 0.1) is 5.41 Å². The van der Waals surface area contributed by atoms with E-state index in [-0.39, 0.29) is 17.2 Å². The van der Waals surface area contributed by atoms with E-state index >= 15 is 0 Å². The maximum absolute atomic E-state index is 12.3. The molecule has 0 atom stereocenters. The van der Waals surface area contributed by atoms with Gasteiger partial charge in [0, 0.05) is 52.1 Å². The lowest BCUT2D eigenvalue weighted by atomic mass is 9.82. The minimum absolute atomic E-state index is 0.0343. The molecule has 0 bridgehead atoms. The first-order valence-corrected chi connectivity index (χ1v) is 10.1. The van der Waals surface area contributed by atoms with E-state index < -0.39 is 0 Å². The van der Waals surface area contributed by atoms with Gasteiger partial charge in [-0.05, 0) is 17.5 Å². The molecule has 0 saturated carbocycles. The lowest BCUT2D eigenvalue weighted by Gasteiger charge is -2.39. The zero-order valence-corrected chi connectivity index (χ0v) is 16.8. The molecule has 0 N–H and O–H groups in total. The fraction of sp³-hybridized carbons (Fsp3) is 0.619. The number of anilines is 1. The van der Waals surface area contributed by atoms with E-state index in [1.807, 2.05) is 26.0 Å². The molecule has 7 nitrogen and oxygen atoms in total. The maximum atomic E-state index is 12.3. The molecule has 4 rings (SSSR count). The molecule has 152 valence electrons. The van der Waals surface area contributed by atoms with Gasteiger partial charge in [-0.2, -0.15) is 0 Å². The van der Waals surface area contributed by atoms with Crippen LogP contribution in [0.4, 0.5) is 5.69 Å². The number of benzene rings is 1. The molecule has 7 heteroatoms. The van der Waals surface area contributed by atoms with Gasteiger partial charge in [-0.25, -0.2) is 0 Å². The molecule has 0 unspecified atom stereocenters. The normalized spacial score (nSPS) is 22.5. The van der Waals surface area contributed by atoms with Crippen molar-refractivity contribution in [3.63, 3.8) is 0 Å². The summed E-state index contributed by atoms with van der Waals surface area (Å²) in [5.74, 6) is 1.59. The van der Waals surface area contributed by atoms with Crippen LogP contribution in [0.5, 0.6) is 11.5 Å². The van der Waals surface area contributed by atoms with Crippen LogP contribution in [0.25, 0.3) is 0 Å². The number of fused-ring (bicyclic) bond motifs is 1. The maximum Gasteiger partial charge on any atom is 0.229 e. The molecular weight excluding hydrogens is 358 g/mol. The van der Waals surface area contributed by atoms with Gasteiger partial charge < -0.3 is 14.4 Å². The Labute approximate surface area is 166 Å². The molecule has 2 amide bonds. The fourth-order valence-corrected chi connectivity index (χ4v) is 4.22. The standard InChI is InChI=1S/C21H29N3O4/c1-21(2)14-18(25)24(19(26)15-21)11-8-22-6-9-23(10-7-22)16-4-3-5-17-20(16)28-13-12-27-17/h3-5H,6-15H2,1-2H3. The zero-order chi connectivity index (χ0) is 19.7. The minimum Gasteiger partial charge on any atom is -0.486 e. The topological polar surface area (TPSA) is 62.3 Å². The molecule has 2 saturated heterocycles. The number of carbonyl (C=O) groups excluding carboxylic acids is 2. The SMILES string of the molecule is CC1(C)CC(=O)N(CCN2CCN(c3cccc4c3OCCO4)CC2)C(=O)C1. The Kier molecular flexibility index (Phi) is 5.19. The summed E-state index contributed by atoms with van der Waals surface area (Å²) >= 11 is 0. The van der Waals surface area contributed by atoms with Crippen LogP contribution < -0.4 is 14.4 Å². The molecule has 3 heterocycles. The number of hydrogen-bond donors (Lipinski definition) is 0. The number of carbonyl (C=O) groups is 2. The lowest BCUT2D eigenvalue weighted by molar-refractivity contribution is -0.152.